The normalized spacial score (nSPS) is 26.2. The van der Waals surface area contributed by atoms with E-state index in [4.69, 9.17) is 5.11 Å². The molecular weight excluding hydrogens is 242 g/mol. The molecule has 1 heterocycles. The fourth-order valence-electron chi connectivity index (χ4n) is 1.87. The zero-order valence-corrected chi connectivity index (χ0v) is 10.3. The van der Waals surface area contributed by atoms with E-state index in [2.05, 4.69) is 0 Å². The molecule has 94 valence electrons. The molecule has 1 aliphatic heterocycles. The third-order valence-corrected chi connectivity index (χ3v) is 4.86. The van der Waals surface area contributed by atoms with Crippen LogP contribution in [0, 0.1) is 5.92 Å². The number of phenols is 1. The molecule has 0 spiro atoms. The van der Waals surface area contributed by atoms with Crippen LogP contribution in [0.1, 0.15) is 6.92 Å². The van der Waals surface area contributed by atoms with Gasteiger partial charge in [0.15, 0.2) is 0 Å². The number of aliphatic hydroxyl groups excluding tert-OH is 1. The van der Waals surface area contributed by atoms with Gasteiger partial charge in [0.05, 0.1) is 11.0 Å². The minimum Gasteiger partial charge on any atom is -0.508 e. The topological polar surface area (TPSA) is 77.8 Å². The number of phenolic OH excluding ortho intramolecular Hbond substituents is 1. The molecule has 6 heteroatoms. The molecule has 5 nitrogen and oxygen atoms in total. The molecule has 1 aromatic carbocycles. The number of nitrogens with zero attached hydrogens (tertiary/aromatic N) is 1. The van der Waals surface area contributed by atoms with Gasteiger partial charge in [-0.2, -0.15) is 4.31 Å². The molecule has 2 atom stereocenters. The number of benzene rings is 1. The predicted molar refractivity (Wildman–Crippen MR) is 62.0 cm³/mol. The zero-order valence-electron chi connectivity index (χ0n) is 9.44. The fraction of sp³-hybridized carbons (Fsp3) is 0.455. The van der Waals surface area contributed by atoms with Crippen molar-refractivity contribution in [3.63, 3.8) is 0 Å². The van der Waals surface area contributed by atoms with Crippen LogP contribution in [-0.4, -0.2) is 42.1 Å². The number of rotatable bonds is 2. The summed E-state index contributed by atoms with van der Waals surface area (Å²) >= 11 is 0. The minimum absolute atomic E-state index is 0.0266. The summed E-state index contributed by atoms with van der Waals surface area (Å²) < 4.78 is 25.6. The highest BCUT2D eigenvalue weighted by molar-refractivity contribution is 7.89. The summed E-state index contributed by atoms with van der Waals surface area (Å²) in [6.45, 7) is 2.27. The summed E-state index contributed by atoms with van der Waals surface area (Å²) in [5, 5.41) is 18.7. The van der Waals surface area contributed by atoms with Crippen molar-refractivity contribution in [1.82, 2.24) is 4.31 Å². The lowest BCUT2D eigenvalue weighted by Gasteiger charge is -2.15. The number of hydrogen-bond donors (Lipinski definition) is 2. The fourth-order valence-corrected chi connectivity index (χ4v) is 3.43. The lowest BCUT2D eigenvalue weighted by Crippen LogP contribution is -2.29. The molecular formula is C11H15NO4S. The summed E-state index contributed by atoms with van der Waals surface area (Å²) in [5.41, 5.74) is 0. The van der Waals surface area contributed by atoms with Crippen LogP contribution in [0.25, 0.3) is 0 Å². The van der Waals surface area contributed by atoms with E-state index in [0.717, 1.165) is 0 Å². The van der Waals surface area contributed by atoms with Gasteiger partial charge in [-0.15, -0.1) is 0 Å². The number of aliphatic hydroxyl groups is 1. The first-order valence-electron chi connectivity index (χ1n) is 5.38. The molecule has 0 radical (unpaired) electrons. The van der Waals surface area contributed by atoms with Crippen LogP contribution in [-0.2, 0) is 10.0 Å². The Bertz CT molecular complexity index is 487. The summed E-state index contributed by atoms with van der Waals surface area (Å²) in [6, 6.07) is 5.39. The smallest absolute Gasteiger partial charge is 0.243 e. The molecule has 17 heavy (non-hydrogen) atoms. The van der Waals surface area contributed by atoms with Gasteiger partial charge in [0, 0.05) is 13.1 Å². The Hall–Kier alpha value is -1.11. The van der Waals surface area contributed by atoms with Crippen LogP contribution in [0.15, 0.2) is 29.2 Å². The van der Waals surface area contributed by atoms with E-state index >= 15 is 0 Å². The van der Waals surface area contributed by atoms with Crippen molar-refractivity contribution < 1.29 is 18.6 Å². The predicted octanol–water partition coefficient (Wildman–Crippen LogP) is 0.394. The van der Waals surface area contributed by atoms with E-state index in [1.807, 2.05) is 6.92 Å². The average molecular weight is 257 g/mol. The minimum atomic E-state index is -3.56. The Morgan fingerprint density at radius 2 is 1.82 bits per heavy atom. The SMILES string of the molecule is C[C@H]1CN(S(=O)(=O)c2ccc(O)cc2)C[C@@H]1O. The highest BCUT2D eigenvalue weighted by Gasteiger charge is 2.36. The molecule has 1 aromatic rings. The Kier molecular flexibility index (Phi) is 3.11. The first-order chi connectivity index (χ1) is 7.91. The van der Waals surface area contributed by atoms with Crippen molar-refractivity contribution in [1.29, 1.82) is 0 Å². The van der Waals surface area contributed by atoms with Crippen LogP contribution < -0.4 is 0 Å². The monoisotopic (exact) mass is 257 g/mol. The van der Waals surface area contributed by atoms with Gasteiger partial charge in [-0.25, -0.2) is 8.42 Å². The van der Waals surface area contributed by atoms with E-state index in [9.17, 15) is 13.5 Å². The third kappa shape index (κ3) is 2.29. The summed E-state index contributed by atoms with van der Waals surface area (Å²) in [7, 11) is -3.56. The van der Waals surface area contributed by atoms with E-state index in [1.54, 1.807) is 0 Å². The van der Waals surface area contributed by atoms with Gasteiger partial charge in [-0.3, -0.25) is 0 Å². The van der Waals surface area contributed by atoms with Crippen LogP contribution in [0.5, 0.6) is 5.75 Å². The molecule has 0 aliphatic carbocycles. The molecule has 2 N–H and O–H groups in total. The summed E-state index contributed by atoms with van der Waals surface area (Å²) in [5.74, 6) is -0.0272. The Morgan fingerprint density at radius 1 is 1.24 bits per heavy atom. The van der Waals surface area contributed by atoms with Crippen LogP contribution >= 0.6 is 0 Å². The van der Waals surface area contributed by atoms with Crippen LogP contribution in [0.3, 0.4) is 0 Å². The van der Waals surface area contributed by atoms with E-state index in [-0.39, 0.29) is 23.1 Å². The highest BCUT2D eigenvalue weighted by atomic mass is 32.2. The first kappa shape index (κ1) is 12.3. The Morgan fingerprint density at radius 3 is 2.29 bits per heavy atom. The quantitative estimate of drug-likeness (QED) is 0.803. The van der Waals surface area contributed by atoms with Gasteiger partial charge < -0.3 is 10.2 Å². The molecule has 1 saturated heterocycles. The molecule has 0 saturated carbocycles. The van der Waals surface area contributed by atoms with Crippen molar-refractivity contribution >= 4 is 10.0 Å². The lowest BCUT2D eigenvalue weighted by atomic mass is 10.1. The molecule has 0 aromatic heterocycles. The van der Waals surface area contributed by atoms with Crippen molar-refractivity contribution in [2.45, 2.75) is 17.9 Å². The molecule has 2 rings (SSSR count). The molecule has 1 fully saturated rings. The second-order valence-corrected chi connectivity index (χ2v) is 6.30. The maximum Gasteiger partial charge on any atom is 0.243 e. The van der Waals surface area contributed by atoms with Gasteiger partial charge in [0.2, 0.25) is 10.0 Å². The van der Waals surface area contributed by atoms with Gasteiger partial charge in [0.1, 0.15) is 5.75 Å². The molecule has 1 aliphatic rings. The average Bonchev–Trinajstić information content (AvgIpc) is 2.60. The van der Waals surface area contributed by atoms with Gasteiger partial charge in [-0.1, -0.05) is 6.92 Å². The first-order valence-corrected chi connectivity index (χ1v) is 6.82. The van der Waals surface area contributed by atoms with Gasteiger partial charge in [0.25, 0.3) is 0 Å². The van der Waals surface area contributed by atoms with Crippen LogP contribution in [0.4, 0.5) is 0 Å². The number of β-amino-alcohol motifs (C(OH)–C–C–N with tert-alkyl or cyclic N) is 1. The number of sulfonamides is 1. The largest absolute Gasteiger partial charge is 0.508 e. The third-order valence-electron chi connectivity index (χ3n) is 3.01. The highest BCUT2D eigenvalue weighted by Crippen LogP contribution is 2.25. The van der Waals surface area contributed by atoms with Crippen molar-refractivity contribution in [2.24, 2.45) is 5.92 Å². The van der Waals surface area contributed by atoms with Crippen molar-refractivity contribution in [3.8, 4) is 5.75 Å². The van der Waals surface area contributed by atoms with Crippen LogP contribution in [0.2, 0.25) is 0 Å². The molecule has 0 bridgehead atoms. The second-order valence-electron chi connectivity index (χ2n) is 4.36. The Balaban J connectivity index is 2.28. The zero-order chi connectivity index (χ0) is 12.6. The lowest BCUT2D eigenvalue weighted by molar-refractivity contribution is 0.153. The summed E-state index contributed by atoms with van der Waals surface area (Å²) in [6.07, 6.45) is -0.609. The second kappa shape index (κ2) is 4.29. The summed E-state index contributed by atoms with van der Waals surface area (Å²) in [4.78, 5) is 0.136. The Labute approximate surface area is 100 Å². The van der Waals surface area contributed by atoms with Crippen molar-refractivity contribution in [2.75, 3.05) is 13.1 Å². The molecule has 0 amide bonds. The number of aromatic hydroxyl groups is 1. The number of hydrogen-bond acceptors (Lipinski definition) is 4. The maximum absolute atomic E-state index is 12.2. The van der Waals surface area contributed by atoms with E-state index in [0.29, 0.717) is 6.54 Å². The molecule has 0 unspecified atom stereocenters. The van der Waals surface area contributed by atoms with E-state index < -0.39 is 16.1 Å². The standard InChI is InChI=1S/C11H15NO4S/c1-8-6-12(7-11(8)14)17(15,16)10-4-2-9(13)3-5-10/h2-5,8,11,13-14H,6-7H2,1H3/t8-,11-/m0/s1. The van der Waals surface area contributed by atoms with Gasteiger partial charge in [-0.05, 0) is 30.2 Å². The van der Waals surface area contributed by atoms with Crippen molar-refractivity contribution in [3.05, 3.63) is 24.3 Å². The van der Waals surface area contributed by atoms with Gasteiger partial charge >= 0.3 is 0 Å². The maximum atomic E-state index is 12.2. The van der Waals surface area contributed by atoms with E-state index in [1.165, 1.54) is 28.6 Å².